The summed E-state index contributed by atoms with van der Waals surface area (Å²) in [5, 5.41) is 18.3. The summed E-state index contributed by atoms with van der Waals surface area (Å²) in [4.78, 5) is 0. The number of aromatic hydroxyl groups is 1. The number of benzene rings is 2. The zero-order chi connectivity index (χ0) is 13.8. The second-order valence-electron chi connectivity index (χ2n) is 4.23. The molecule has 2 aromatic carbocycles. The van der Waals surface area contributed by atoms with Crippen molar-refractivity contribution in [3.8, 4) is 17.6 Å². The summed E-state index contributed by atoms with van der Waals surface area (Å²) >= 11 is 0. The highest BCUT2D eigenvalue weighted by Crippen LogP contribution is 2.30. The summed E-state index contributed by atoms with van der Waals surface area (Å²) in [5.41, 5.74) is 8.52. The number of para-hydroxylation sites is 1. The van der Waals surface area contributed by atoms with Crippen molar-refractivity contribution in [2.75, 3.05) is 5.73 Å². The topological polar surface area (TPSA) is 79.3 Å². The van der Waals surface area contributed by atoms with Gasteiger partial charge >= 0.3 is 0 Å². The molecule has 0 heterocycles. The summed E-state index contributed by atoms with van der Waals surface area (Å²) in [7, 11) is 0. The maximum absolute atomic E-state index is 9.48. The van der Waals surface area contributed by atoms with E-state index in [1.54, 1.807) is 18.2 Å². The highest BCUT2D eigenvalue weighted by atomic mass is 16.5. The minimum absolute atomic E-state index is 0.00838. The zero-order valence-corrected chi connectivity index (χ0v) is 10.6. The lowest BCUT2D eigenvalue weighted by molar-refractivity contribution is 0.305. The molecule has 96 valence electrons. The van der Waals surface area contributed by atoms with E-state index in [4.69, 9.17) is 15.7 Å². The van der Waals surface area contributed by atoms with Gasteiger partial charge in [0.1, 0.15) is 23.8 Å². The minimum atomic E-state index is 0.00838. The Labute approximate surface area is 111 Å². The largest absolute Gasteiger partial charge is 0.506 e. The average Bonchev–Trinajstić information content (AvgIpc) is 2.41. The predicted molar refractivity (Wildman–Crippen MR) is 72.7 cm³/mol. The van der Waals surface area contributed by atoms with E-state index in [0.717, 1.165) is 11.1 Å². The quantitative estimate of drug-likeness (QED) is 0.652. The van der Waals surface area contributed by atoms with E-state index in [2.05, 4.69) is 6.07 Å². The molecule has 0 atom stereocenters. The Morgan fingerprint density at radius 3 is 2.79 bits per heavy atom. The molecule has 0 bridgehead atoms. The summed E-state index contributed by atoms with van der Waals surface area (Å²) in [6.07, 6.45) is 0. The first-order valence-electron chi connectivity index (χ1n) is 5.81. The molecule has 0 fully saturated rings. The molecule has 0 aliphatic rings. The Hall–Kier alpha value is -2.67. The van der Waals surface area contributed by atoms with Crippen molar-refractivity contribution < 1.29 is 9.84 Å². The van der Waals surface area contributed by atoms with Crippen LogP contribution in [0.1, 0.15) is 16.7 Å². The Morgan fingerprint density at radius 2 is 2.11 bits per heavy atom. The third-order valence-corrected chi connectivity index (χ3v) is 2.90. The number of phenols is 1. The number of nitriles is 1. The molecule has 3 N–H and O–H groups in total. The number of nitrogens with two attached hydrogens (primary N) is 1. The number of anilines is 1. The number of rotatable bonds is 3. The van der Waals surface area contributed by atoms with Gasteiger partial charge in [-0.3, -0.25) is 0 Å². The standard InChI is InChI=1S/C15H14N2O2/c1-10-7-11(8-16)5-6-12(10)9-19-14-4-2-3-13(18)15(14)17/h2-7,18H,9,17H2,1H3. The Morgan fingerprint density at radius 1 is 1.32 bits per heavy atom. The third kappa shape index (κ3) is 2.78. The fourth-order valence-corrected chi connectivity index (χ4v) is 1.74. The van der Waals surface area contributed by atoms with E-state index in [0.29, 0.717) is 17.9 Å². The number of nitrogen functional groups attached to an aromatic ring is 1. The first kappa shape index (κ1) is 12.8. The molecule has 0 radical (unpaired) electrons. The maximum atomic E-state index is 9.48. The molecular weight excluding hydrogens is 240 g/mol. The Bertz CT molecular complexity index is 645. The van der Waals surface area contributed by atoms with Gasteiger partial charge in [0.25, 0.3) is 0 Å². The van der Waals surface area contributed by atoms with Crippen molar-refractivity contribution in [1.82, 2.24) is 0 Å². The number of ether oxygens (including phenoxy) is 1. The van der Waals surface area contributed by atoms with E-state index in [-0.39, 0.29) is 11.4 Å². The van der Waals surface area contributed by atoms with Crippen molar-refractivity contribution in [3.63, 3.8) is 0 Å². The molecule has 19 heavy (non-hydrogen) atoms. The number of hydrogen-bond acceptors (Lipinski definition) is 4. The van der Waals surface area contributed by atoms with Crippen LogP contribution in [0.5, 0.6) is 11.5 Å². The van der Waals surface area contributed by atoms with Crippen LogP contribution >= 0.6 is 0 Å². The van der Waals surface area contributed by atoms with Crippen LogP contribution in [-0.2, 0) is 6.61 Å². The van der Waals surface area contributed by atoms with Crippen LogP contribution in [0.4, 0.5) is 5.69 Å². The number of phenolic OH excluding ortho intramolecular Hbond substituents is 1. The van der Waals surface area contributed by atoms with Crippen LogP contribution in [0, 0.1) is 18.3 Å². The lowest BCUT2D eigenvalue weighted by Crippen LogP contribution is -2.00. The van der Waals surface area contributed by atoms with E-state index in [1.807, 2.05) is 19.1 Å². The van der Waals surface area contributed by atoms with E-state index >= 15 is 0 Å². The second kappa shape index (κ2) is 5.32. The average molecular weight is 254 g/mol. The van der Waals surface area contributed by atoms with Crippen LogP contribution < -0.4 is 10.5 Å². The van der Waals surface area contributed by atoms with Gasteiger partial charge in [0.2, 0.25) is 0 Å². The highest BCUT2D eigenvalue weighted by Gasteiger charge is 2.06. The van der Waals surface area contributed by atoms with E-state index in [1.165, 1.54) is 6.07 Å². The first-order chi connectivity index (χ1) is 9.11. The van der Waals surface area contributed by atoms with Gasteiger partial charge in [0.15, 0.2) is 0 Å². The van der Waals surface area contributed by atoms with Crippen LogP contribution in [0.3, 0.4) is 0 Å². The number of nitrogens with zero attached hydrogens (tertiary/aromatic N) is 1. The first-order valence-corrected chi connectivity index (χ1v) is 5.81. The molecule has 0 aliphatic carbocycles. The molecular formula is C15H14N2O2. The molecule has 0 saturated carbocycles. The van der Waals surface area contributed by atoms with E-state index < -0.39 is 0 Å². The summed E-state index contributed by atoms with van der Waals surface area (Å²) < 4.78 is 5.59. The van der Waals surface area contributed by atoms with Gasteiger partial charge in [-0.05, 0) is 42.3 Å². The van der Waals surface area contributed by atoms with Crippen LogP contribution in [0.2, 0.25) is 0 Å². The monoisotopic (exact) mass is 254 g/mol. The molecule has 0 aliphatic heterocycles. The molecule has 4 nitrogen and oxygen atoms in total. The third-order valence-electron chi connectivity index (χ3n) is 2.90. The van der Waals surface area contributed by atoms with Gasteiger partial charge in [0, 0.05) is 0 Å². The van der Waals surface area contributed by atoms with Gasteiger partial charge in [-0.15, -0.1) is 0 Å². The normalized spacial score (nSPS) is 9.89. The van der Waals surface area contributed by atoms with Crippen LogP contribution in [0.25, 0.3) is 0 Å². The molecule has 4 heteroatoms. The SMILES string of the molecule is Cc1cc(C#N)ccc1COc1cccc(O)c1N. The molecule has 0 saturated heterocycles. The zero-order valence-electron chi connectivity index (χ0n) is 10.6. The van der Waals surface area contributed by atoms with Crippen molar-refractivity contribution in [1.29, 1.82) is 5.26 Å². The van der Waals surface area contributed by atoms with Crippen LogP contribution in [0.15, 0.2) is 36.4 Å². The maximum Gasteiger partial charge on any atom is 0.146 e. The number of hydrogen-bond donors (Lipinski definition) is 2. The summed E-state index contributed by atoms with van der Waals surface area (Å²) in [6.45, 7) is 2.26. The smallest absolute Gasteiger partial charge is 0.146 e. The molecule has 0 spiro atoms. The molecule has 2 rings (SSSR count). The van der Waals surface area contributed by atoms with Gasteiger partial charge in [0.05, 0.1) is 11.6 Å². The van der Waals surface area contributed by atoms with Crippen LogP contribution in [-0.4, -0.2) is 5.11 Å². The van der Waals surface area contributed by atoms with Gasteiger partial charge in [-0.2, -0.15) is 5.26 Å². The van der Waals surface area contributed by atoms with E-state index in [9.17, 15) is 5.11 Å². The lowest BCUT2D eigenvalue weighted by Gasteiger charge is -2.11. The fourth-order valence-electron chi connectivity index (χ4n) is 1.74. The molecule has 0 unspecified atom stereocenters. The van der Waals surface area contributed by atoms with Crippen molar-refractivity contribution in [2.45, 2.75) is 13.5 Å². The lowest BCUT2D eigenvalue weighted by atomic mass is 10.1. The van der Waals surface area contributed by atoms with Gasteiger partial charge in [-0.1, -0.05) is 12.1 Å². The van der Waals surface area contributed by atoms with Crippen molar-refractivity contribution in [2.24, 2.45) is 0 Å². The highest BCUT2D eigenvalue weighted by molar-refractivity contribution is 5.61. The van der Waals surface area contributed by atoms with Crippen molar-refractivity contribution in [3.05, 3.63) is 53.1 Å². The molecule has 0 aromatic heterocycles. The number of aryl methyl sites for hydroxylation is 1. The Kier molecular flexibility index (Phi) is 3.58. The second-order valence-corrected chi connectivity index (χ2v) is 4.23. The predicted octanol–water partition coefficient (Wildman–Crippen LogP) is 2.73. The summed E-state index contributed by atoms with van der Waals surface area (Å²) in [6, 6.07) is 12.4. The minimum Gasteiger partial charge on any atom is -0.506 e. The fraction of sp³-hybridized carbons (Fsp3) is 0.133. The summed E-state index contributed by atoms with van der Waals surface area (Å²) in [5.74, 6) is 0.456. The molecule has 2 aromatic rings. The molecule has 0 amide bonds. The van der Waals surface area contributed by atoms with Gasteiger partial charge < -0.3 is 15.6 Å². The van der Waals surface area contributed by atoms with Gasteiger partial charge in [-0.25, -0.2) is 0 Å². The van der Waals surface area contributed by atoms with Crippen molar-refractivity contribution >= 4 is 5.69 Å². The Balaban J connectivity index is 2.15.